The number of hydrogen-bond acceptors (Lipinski definition) is 5. The van der Waals surface area contributed by atoms with Gasteiger partial charge in [-0.25, -0.2) is 4.79 Å². The average Bonchev–Trinajstić information content (AvgIpc) is 3.24. The molecule has 0 spiro atoms. The molecule has 1 fully saturated rings. The van der Waals surface area contributed by atoms with E-state index in [9.17, 15) is 4.79 Å². The lowest BCUT2D eigenvalue weighted by atomic mass is 10.1. The van der Waals surface area contributed by atoms with Crippen LogP contribution < -0.4 is 10.5 Å². The summed E-state index contributed by atoms with van der Waals surface area (Å²) in [7, 11) is 1.62. The third-order valence-electron chi connectivity index (χ3n) is 4.16. The van der Waals surface area contributed by atoms with E-state index in [0.29, 0.717) is 18.7 Å². The number of para-hydroxylation sites is 1. The Morgan fingerprint density at radius 1 is 1.25 bits per heavy atom. The van der Waals surface area contributed by atoms with E-state index >= 15 is 0 Å². The second-order valence-corrected chi connectivity index (χ2v) is 5.64. The molecule has 2 heterocycles. The van der Waals surface area contributed by atoms with Gasteiger partial charge in [0.2, 0.25) is 0 Å². The Morgan fingerprint density at radius 3 is 2.92 bits per heavy atom. The second-order valence-electron chi connectivity index (χ2n) is 5.64. The molecule has 3 aromatic rings. The number of fused-ring (bicyclic) bond motifs is 1. The van der Waals surface area contributed by atoms with Gasteiger partial charge in [0.1, 0.15) is 18.6 Å². The smallest absolute Gasteiger partial charge is 0.420 e. The summed E-state index contributed by atoms with van der Waals surface area (Å²) in [6.45, 7) is 1.13. The molecule has 24 heavy (non-hydrogen) atoms. The van der Waals surface area contributed by atoms with Crippen molar-refractivity contribution < 1.29 is 18.6 Å². The molecule has 1 unspecified atom stereocenters. The van der Waals surface area contributed by atoms with Gasteiger partial charge in [0.15, 0.2) is 5.58 Å². The van der Waals surface area contributed by atoms with E-state index in [4.69, 9.17) is 18.6 Å². The maximum atomic E-state index is 12.4. The minimum absolute atomic E-state index is 0.192. The van der Waals surface area contributed by atoms with Gasteiger partial charge >= 0.3 is 5.76 Å². The van der Waals surface area contributed by atoms with Crippen LogP contribution in [0, 0.1) is 0 Å². The number of ether oxygens (including phenoxy) is 3. The summed E-state index contributed by atoms with van der Waals surface area (Å²) >= 11 is 0. The van der Waals surface area contributed by atoms with Gasteiger partial charge in [-0.15, -0.1) is 0 Å². The lowest BCUT2D eigenvalue weighted by molar-refractivity contribution is 0.0468. The fourth-order valence-electron chi connectivity index (χ4n) is 3.02. The summed E-state index contributed by atoms with van der Waals surface area (Å²) in [6, 6.07) is 13.2. The van der Waals surface area contributed by atoms with Crippen LogP contribution in [0.25, 0.3) is 11.1 Å². The summed E-state index contributed by atoms with van der Waals surface area (Å²) in [5, 5.41) is 0. The monoisotopic (exact) mass is 327 g/mol. The molecule has 0 aliphatic carbocycles. The Balaban J connectivity index is 1.82. The van der Waals surface area contributed by atoms with Crippen molar-refractivity contribution in [3.63, 3.8) is 0 Å². The third kappa shape index (κ3) is 2.60. The predicted molar refractivity (Wildman–Crippen MR) is 87.2 cm³/mol. The first-order chi connectivity index (χ1) is 11.8. The van der Waals surface area contributed by atoms with Gasteiger partial charge in [0.25, 0.3) is 0 Å². The van der Waals surface area contributed by atoms with E-state index in [1.54, 1.807) is 17.7 Å². The zero-order chi connectivity index (χ0) is 16.5. The molecule has 0 saturated carbocycles. The normalized spacial score (nSPS) is 17.5. The predicted octanol–water partition coefficient (Wildman–Crippen LogP) is 2.70. The third-order valence-corrected chi connectivity index (χ3v) is 4.16. The molecule has 6 nitrogen and oxygen atoms in total. The first-order valence-electron chi connectivity index (χ1n) is 7.71. The Morgan fingerprint density at radius 2 is 2.12 bits per heavy atom. The van der Waals surface area contributed by atoms with Crippen LogP contribution in [0.15, 0.2) is 51.7 Å². The number of nitrogens with zero attached hydrogens (tertiary/aromatic N) is 1. The topological polar surface area (TPSA) is 62.8 Å². The minimum atomic E-state index is -0.390. The molecule has 4 rings (SSSR count). The van der Waals surface area contributed by atoms with Crippen LogP contribution >= 0.6 is 0 Å². The Kier molecular flexibility index (Phi) is 3.84. The molecule has 0 bridgehead atoms. The lowest BCUT2D eigenvalue weighted by Gasteiger charge is -2.11. The summed E-state index contributed by atoms with van der Waals surface area (Å²) in [5.41, 5.74) is 3.16. The van der Waals surface area contributed by atoms with Crippen LogP contribution in [0.5, 0.6) is 5.75 Å². The van der Waals surface area contributed by atoms with Crippen LogP contribution in [-0.4, -0.2) is 25.1 Å². The molecule has 0 amide bonds. The highest BCUT2D eigenvalue weighted by Crippen LogP contribution is 2.29. The first-order valence-corrected chi connectivity index (χ1v) is 7.71. The summed E-state index contributed by atoms with van der Waals surface area (Å²) in [6.07, 6.45) is -0.192. The second kappa shape index (κ2) is 6.14. The van der Waals surface area contributed by atoms with Crippen LogP contribution in [0.4, 0.5) is 0 Å². The fraction of sp³-hybridized carbons (Fsp3) is 0.278. The maximum absolute atomic E-state index is 12.4. The number of oxazole rings is 1. The highest BCUT2D eigenvalue weighted by molar-refractivity contribution is 5.77. The quantitative estimate of drug-likeness (QED) is 0.737. The molecule has 1 atom stereocenters. The SMILES string of the molecule is COc1cccc(Cn2c(=O)oc3cccc(C4COCO4)c32)c1. The molecule has 2 aromatic carbocycles. The van der Waals surface area contributed by atoms with E-state index in [0.717, 1.165) is 22.4 Å². The van der Waals surface area contributed by atoms with E-state index < -0.39 is 0 Å². The highest BCUT2D eigenvalue weighted by Gasteiger charge is 2.24. The lowest BCUT2D eigenvalue weighted by Crippen LogP contribution is -2.16. The van der Waals surface area contributed by atoms with Gasteiger partial charge < -0.3 is 18.6 Å². The molecule has 124 valence electrons. The van der Waals surface area contributed by atoms with Crippen LogP contribution in [0.1, 0.15) is 17.2 Å². The first kappa shape index (κ1) is 15.0. The van der Waals surface area contributed by atoms with E-state index in [-0.39, 0.29) is 18.7 Å². The van der Waals surface area contributed by atoms with Gasteiger partial charge in [-0.05, 0) is 23.8 Å². The molecule has 0 N–H and O–H groups in total. The van der Waals surface area contributed by atoms with Gasteiger partial charge in [0.05, 0.1) is 25.8 Å². The van der Waals surface area contributed by atoms with Gasteiger partial charge in [-0.1, -0.05) is 24.3 Å². The van der Waals surface area contributed by atoms with E-state index in [1.165, 1.54) is 0 Å². The molecular weight excluding hydrogens is 310 g/mol. The van der Waals surface area contributed by atoms with Gasteiger partial charge in [-0.2, -0.15) is 0 Å². The largest absolute Gasteiger partial charge is 0.497 e. The van der Waals surface area contributed by atoms with E-state index in [1.807, 2.05) is 36.4 Å². The fourth-order valence-corrected chi connectivity index (χ4v) is 3.02. The average molecular weight is 327 g/mol. The van der Waals surface area contributed by atoms with Crippen molar-refractivity contribution >= 4 is 11.1 Å². The molecule has 1 saturated heterocycles. The van der Waals surface area contributed by atoms with Crippen molar-refractivity contribution in [2.24, 2.45) is 0 Å². The number of methoxy groups -OCH3 is 1. The molecule has 1 aromatic heterocycles. The van der Waals surface area contributed by atoms with Crippen molar-refractivity contribution in [2.45, 2.75) is 12.6 Å². The zero-order valence-electron chi connectivity index (χ0n) is 13.2. The van der Waals surface area contributed by atoms with Gasteiger partial charge in [0, 0.05) is 5.56 Å². The Bertz CT molecular complexity index is 921. The van der Waals surface area contributed by atoms with Crippen molar-refractivity contribution in [3.8, 4) is 5.75 Å². The minimum Gasteiger partial charge on any atom is -0.497 e. The summed E-state index contributed by atoms with van der Waals surface area (Å²) < 4.78 is 23.2. The van der Waals surface area contributed by atoms with Gasteiger partial charge in [-0.3, -0.25) is 4.57 Å². The summed E-state index contributed by atoms with van der Waals surface area (Å²) in [4.78, 5) is 12.4. The standard InChI is InChI=1S/C18H17NO5/c1-21-13-5-2-4-12(8-13)9-19-17-14(16-10-22-11-23-16)6-3-7-15(17)24-18(19)20/h2-8,16H,9-11H2,1H3. The molecular formula is C18H17NO5. The van der Waals surface area contributed by atoms with Crippen molar-refractivity contribution in [1.82, 2.24) is 4.57 Å². The number of hydrogen-bond donors (Lipinski definition) is 0. The van der Waals surface area contributed by atoms with Crippen LogP contribution in [0.2, 0.25) is 0 Å². The maximum Gasteiger partial charge on any atom is 0.420 e. The highest BCUT2D eigenvalue weighted by atomic mass is 16.7. The van der Waals surface area contributed by atoms with Crippen molar-refractivity contribution in [3.05, 3.63) is 64.1 Å². The molecule has 0 radical (unpaired) electrons. The molecule has 6 heteroatoms. The summed E-state index contributed by atoms with van der Waals surface area (Å²) in [5.74, 6) is 0.361. The van der Waals surface area contributed by atoms with Crippen LogP contribution in [0.3, 0.4) is 0 Å². The number of benzene rings is 2. The van der Waals surface area contributed by atoms with Crippen molar-refractivity contribution in [1.29, 1.82) is 0 Å². The zero-order valence-corrected chi connectivity index (χ0v) is 13.2. The van der Waals surface area contributed by atoms with E-state index in [2.05, 4.69) is 0 Å². The van der Waals surface area contributed by atoms with Crippen molar-refractivity contribution in [2.75, 3.05) is 20.5 Å². The number of rotatable bonds is 4. The Labute approximate surface area is 138 Å². The van der Waals surface area contributed by atoms with Crippen LogP contribution in [-0.2, 0) is 16.0 Å². The molecule has 1 aliphatic rings. The Hall–Kier alpha value is -2.57. The molecule has 1 aliphatic heterocycles. The number of aromatic nitrogens is 1.